The number of hydrogen-bond donors (Lipinski definition) is 1. The SMILES string of the molecule is CC(c1cc(C(=O)O)cc2c(Cc3ccc(F)cc3)ccn12)N1CCN(CC(F)(F)F)CC1. The molecule has 3 aromatic rings. The summed E-state index contributed by atoms with van der Waals surface area (Å²) < 4.78 is 53.3. The van der Waals surface area contributed by atoms with Gasteiger partial charge in [-0.1, -0.05) is 12.1 Å². The average molecular weight is 463 g/mol. The zero-order chi connectivity index (χ0) is 23.8. The van der Waals surface area contributed by atoms with Crippen molar-refractivity contribution < 1.29 is 27.5 Å². The number of carboxylic acids is 1. The van der Waals surface area contributed by atoms with Gasteiger partial charge in [0.15, 0.2) is 0 Å². The number of halogens is 4. The molecular weight excluding hydrogens is 438 g/mol. The standard InChI is InChI=1S/C24H25F4N3O2/c1-16(30-10-8-29(9-11-30)15-24(26,27)28)21-13-19(23(32)33)14-22-18(6-7-31(21)22)12-17-2-4-20(25)5-3-17/h2-7,13-14,16H,8-12,15H2,1H3,(H,32,33). The maximum Gasteiger partial charge on any atom is 0.401 e. The van der Waals surface area contributed by atoms with Gasteiger partial charge in [-0.3, -0.25) is 9.80 Å². The second-order valence-corrected chi connectivity index (χ2v) is 8.48. The third-order valence-corrected chi connectivity index (χ3v) is 6.23. The maximum absolute atomic E-state index is 13.3. The molecule has 176 valence electrons. The number of aromatic nitrogens is 1. The Hall–Kier alpha value is -2.91. The lowest BCUT2D eigenvalue weighted by Crippen LogP contribution is -2.49. The lowest BCUT2D eigenvalue weighted by atomic mass is 10.0. The summed E-state index contributed by atoms with van der Waals surface area (Å²) in [5, 5.41) is 9.67. The number of carboxylic acid groups (broad SMARTS) is 1. The van der Waals surface area contributed by atoms with Crippen LogP contribution in [0.2, 0.25) is 0 Å². The van der Waals surface area contributed by atoms with Crippen LogP contribution in [-0.4, -0.2) is 64.2 Å². The molecule has 0 radical (unpaired) electrons. The van der Waals surface area contributed by atoms with Crippen LogP contribution in [0.1, 0.15) is 40.1 Å². The Morgan fingerprint density at radius 3 is 2.33 bits per heavy atom. The first-order valence-corrected chi connectivity index (χ1v) is 10.8. The highest BCUT2D eigenvalue weighted by Gasteiger charge is 2.33. The van der Waals surface area contributed by atoms with Crippen molar-refractivity contribution in [3.63, 3.8) is 0 Å². The summed E-state index contributed by atoms with van der Waals surface area (Å²) in [6.07, 6.45) is -1.82. The van der Waals surface area contributed by atoms with Crippen LogP contribution in [-0.2, 0) is 6.42 Å². The highest BCUT2D eigenvalue weighted by Crippen LogP contribution is 2.28. The van der Waals surface area contributed by atoms with Crippen LogP contribution < -0.4 is 0 Å². The molecule has 0 aliphatic carbocycles. The van der Waals surface area contributed by atoms with Gasteiger partial charge in [-0.2, -0.15) is 13.2 Å². The highest BCUT2D eigenvalue weighted by molar-refractivity contribution is 5.89. The van der Waals surface area contributed by atoms with Gasteiger partial charge in [0.25, 0.3) is 0 Å². The lowest BCUT2D eigenvalue weighted by molar-refractivity contribution is -0.149. The summed E-state index contributed by atoms with van der Waals surface area (Å²) in [5.41, 5.74) is 3.48. The van der Waals surface area contributed by atoms with Crippen molar-refractivity contribution in [2.45, 2.75) is 25.6 Å². The summed E-state index contributed by atoms with van der Waals surface area (Å²) in [7, 11) is 0. The number of pyridine rings is 1. The Balaban J connectivity index is 1.61. The van der Waals surface area contributed by atoms with Gasteiger partial charge in [0.05, 0.1) is 12.1 Å². The predicted octanol–water partition coefficient (Wildman–Crippen LogP) is 4.61. The van der Waals surface area contributed by atoms with Gasteiger partial charge in [0.1, 0.15) is 5.82 Å². The Kier molecular flexibility index (Phi) is 6.45. The van der Waals surface area contributed by atoms with E-state index in [-0.39, 0.29) is 17.4 Å². The van der Waals surface area contributed by atoms with Crippen molar-refractivity contribution in [2.24, 2.45) is 0 Å². The normalized spacial score (nSPS) is 16.9. The van der Waals surface area contributed by atoms with Crippen molar-refractivity contribution in [3.05, 3.63) is 76.9 Å². The Morgan fingerprint density at radius 2 is 1.73 bits per heavy atom. The van der Waals surface area contributed by atoms with Gasteiger partial charge in [0.2, 0.25) is 0 Å². The molecule has 0 saturated carbocycles. The van der Waals surface area contributed by atoms with Crippen LogP contribution in [0.4, 0.5) is 17.6 Å². The molecule has 5 nitrogen and oxygen atoms in total. The molecule has 0 spiro atoms. The Bertz CT molecular complexity index is 1130. The summed E-state index contributed by atoms with van der Waals surface area (Å²) in [6.45, 7) is 2.54. The number of fused-ring (bicyclic) bond motifs is 1. The Morgan fingerprint density at radius 1 is 1.06 bits per heavy atom. The molecule has 1 unspecified atom stereocenters. The second-order valence-electron chi connectivity index (χ2n) is 8.48. The number of alkyl halides is 3. The minimum atomic E-state index is -4.22. The van der Waals surface area contributed by atoms with Crippen LogP contribution in [0, 0.1) is 5.82 Å². The van der Waals surface area contributed by atoms with Crippen LogP contribution in [0.5, 0.6) is 0 Å². The summed E-state index contributed by atoms with van der Waals surface area (Å²) in [5.74, 6) is -1.37. The van der Waals surface area contributed by atoms with E-state index in [1.165, 1.54) is 17.0 Å². The number of hydrogen-bond acceptors (Lipinski definition) is 3. The molecule has 33 heavy (non-hydrogen) atoms. The van der Waals surface area contributed by atoms with Crippen LogP contribution in [0.15, 0.2) is 48.7 Å². The molecule has 1 aliphatic rings. The first-order valence-electron chi connectivity index (χ1n) is 10.8. The number of benzene rings is 1. The van der Waals surface area contributed by atoms with Crippen molar-refractivity contribution in [2.75, 3.05) is 32.7 Å². The number of piperazine rings is 1. The summed E-state index contributed by atoms with van der Waals surface area (Å²) in [4.78, 5) is 15.3. The third kappa shape index (κ3) is 5.36. The van der Waals surface area contributed by atoms with E-state index < -0.39 is 18.7 Å². The zero-order valence-electron chi connectivity index (χ0n) is 18.1. The zero-order valence-corrected chi connectivity index (χ0v) is 18.1. The quantitative estimate of drug-likeness (QED) is 0.543. The fraction of sp³-hybridized carbons (Fsp3) is 0.375. The third-order valence-electron chi connectivity index (χ3n) is 6.23. The number of rotatable bonds is 6. The number of carbonyl (C=O) groups is 1. The van der Waals surface area contributed by atoms with Gasteiger partial charge < -0.3 is 9.51 Å². The molecule has 1 N–H and O–H groups in total. The molecule has 1 fully saturated rings. The minimum absolute atomic E-state index is 0.152. The molecule has 1 aromatic carbocycles. The molecule has 2 aromatic heterocycles. The molecule has 4 rings (SSSR count). The largest absolute Gasteiger partial charge is 0.478 e. The van der Waals surface area contributed by atoms with Gasteiger partial charge in [-0.05, 0) is 54.8 Å². The van der Waals surface area contributed by atoms with E-state index in [0.29, 0.717) is 32.6 Å². The van der Waals surface area contributed by atoms with Gasteiger partial charge in [0, 0.05) is 49.6 Å². The molecule has 0 bridgehead atoms. The topological polar surface area (TPSA) is 48.2 Å². The van der Waals surface area contributed by atoms with Crippen molar-refractivity contribution in [1.82, 2.24) is 14.2 Å². The average Bonchev–Trinajstić information content (AvgIpc) is 3.16. The first-order chi connectivity index (χ1) is 15.6. The molecular formula is C24H25F4N3O2. The maximum atomic E-state index is 13.3. The van der Waals surface area contributed by atoms with Gasteiger partial charge in [-0.25, -0.2) is 9.18 Å². The lowest BCUT2D eigenvalue weighted by Gasteiger charge is -2.38. The van der Waals surface area contributed by atoms with E-state index in [0.717, 1.165) is 22.3 Å². The predicted molar refractivity (Wildman–Crippen MR) is 116 cm³/mol. The number of nitrogens with zero attached hydrogens (tertiary/aromatic N) is 3. The summed E-state index contributed by atoms with van der Waals surface area (Å²) in [6, 6.07) is 11.2. The van der Waals surface area contributed by atoms with E-state index in [9.17, 15) is 27.5 Å². The van der Waals surface area contributed by atoms with Gasteiger partial charge >= 0.3 is 12.1 Å². The molecule has 1 aliphatic heterocycles. The van der Waals surface area contributed by atoms with Crippen LogP contribution >= 0.6 is 0 Å². The van der Waals surface area contributed by atoms with Gasteiger partial charge in [-0.15, -0.1) is 0 Å². The van der Waals surface area contributed by atoms with E-state index >= 15 is 0 Å². The van der Waals surface area contributed by atoms with Crippen molar-refractivity contribution >= 4 is 11.5 Å². The fourth-order valence-corrected chi connectivity index (χ4v) is 4.46. The molecule has 9 heteroatoms. The van der Waals surface area contributed by atoms with Crippen molar-refractivity contribution in [1.29, 1.82) is 0 Å². The summed E-state index contributed by atoms with van der Waals surface area (Å²) >= 11 is 0. The van der Waals surface area contributed by atoms with Crippen molar-refractivity contribution in [3.8, 4) is 0 Å². The van der Waals surface area contributed by atoms with E-state index in [1.807, 2.05) is 23.6 Å². The van der Waals surface area contributed by atoms with Crippen LogP contribution in [0.25, 0.3) is 5.52 Å². The molecule has 1 atom stereocenters. The van der Waals surface area contributed by atoms with E-state index in [4.69, 9.17) is 0 Å². The van der Waals surface area contributed by atoms with E-state index in [1.54, 1.807) is 24.3 Å². The Labute approximate surface area is 188 Å². The molecule has 3 heterocycles. The first kappa shape index (κ1) is 23.3. The highest BCUT2D eigenvalue weighted by atomic mass is 19.4. The monoisotopic (exact) mass is 463 g/mol. The fourth-order valence-electron chi connectivity index (χ4n) is 4.46. The molecule has 0 amide bonds. The van der Waals surface area contributed by atoms with Crippen LogP contribution in [0.3, 0.4) is 0 Å². The number of aromatic carboxylic acids is 1. The molecule has 1 saturated heterocycles. The van der Waals surface area contributed by atoms with E-state index in [2.05, 4.69) is 4.90 Å². The second kappa shape index (κ2) is 9.15. The minimum Gasteiger partial charge on any atom is -0.478 e. The smallest absolute Gasteiger partial charge is 0.401 e.